The Morgan fingerprint density at radius 3 is 1.17 bits per heavy atom. The third-order valence-corrected chi connectivity index (χ3v) is 23.8. The van der Waals surface area contributed by atoms with Crippen LogP contribution in [-0.4, -0.2) is 96.4 Å². The number of aliphatic carboxylic acids is 4. The summed E-state index contributed by atoms with van der Waals surface area (Å²) in [5.41, 5.74) is 15.9. The van der Waals surface area contributed by atoms with Crippen LogP contribution in [0.5, 0.6) is 11.5 Å². The highest BCUT2D eigenvalue weighted by atomic mass is 19.1. The molecular weight excluding hydrogens is 1730 g/mol. The molecule has 2 aliphatic rings. The Balaban J connectivity index is 0.000000175. The van der Waals surface area contributed by atoms with Gasteiger partial charge in [0.05, 0.1) is 41.0 Å². The molecular formula is C119H119FN2O16. The second-order valence-corrected chi connectivity index (χ2v) is 34.5. The van der Waals surface area contributed by atoms with Gasteiger partial charge in [-0.3, -0.25) is 28.8 Å². The van der Waals surface area contributed by atoms with Crippen molar-refractivity contribution in [3.8, 4) is 22.6 Å². The van der Waals surface area contributed by atoms with Crippen molar-refractivity contribution in [2.24, 2.45) is 5.92 Å². The van der Waals surface area contributed by atoms with Crippen LogP contribution in [0.4, 0.5) is 4.39 Å². The molecule has 2 aliphatic heterocycles. The largest absolute Gasteiger partial charge is 0.481 e. The zero-order chi connectivity index (χ0) is 99.9. The average molecular weight is 1850 g/mol. The molecule has 708 valence electrons. The molecule has 0 bridgehead atoms. The first kappa shape index (κ1) is 106. The number of aldehydes is 5. The van der Waals surface area contributed by atoms with E-state index in [-0.39, 0.29) is 47.0 Å². The molecule has 15 aromatic rings. The van der Waals surface area contributed by atoms with Crippen molar-refractivity contribution in [1.82, 2.24) is 9.13 Å². The quantitative estimate of drug-likeness (QED) is 0.0305. The molecule has 138 heavy (non-hydrogen) atoms. The Hall–Kier alpha value is -15.8. The molecule has 0 spiro atoms. The zero-order valence-electron chi connectivity index (χ0n) is 79.6. The van der Waals surface area contributed by atoms with E-state index < -0.39 is 47.5 Å². The third kappa shape index (κ3) is 30.9. The van der Waals surface area contributed by atoms with E-state index in [0.29, 0.717) is 52.5 Å². The molecule has 13 aromatic carbocycles. The fourth-order valence-electron chi connectivity index (χ4n) is 15.3. The van der Waals surface area contributed by atoms with Gasteiger partial charge in [0.25, 0.3) is 0 Å². The van der Waals surface area contributed by atoms with Crippen molar-refractivity contribution in [3.05, 3.63) is 441 Å². The fraction of sp³-hybridized carbons (Fsp3) is 0.218. The number of aromatic nitrogens is 2. The second-order valence-electron chi connectivity index (χ2n) is 34.5. The van der Waals surface area contributed by atoms with Gasteiger partial charge in [-0.2, -0.15) is 0 Å². The van der Waals surface area contributed by atoms with Crippen molar-refractivity contribution < 1.29 is 82.3 Å². The minimum absolute atomic E-state index is 0.0168. The molecule has 0 saturated carbocycles. The molecule has 4 N–H and O–H groups in total. The Labute approximate surface area is 806 Å². The Morgan fingerprint density at radius 2 is 0.717 bits per heavy atom. The predicted molar refractivity (Wildman–Crippen MR) is 543 cm³/mol. The summed E-state index contributed by atoms with van der Waals surface area (Å²) in [5.74, 6) is -3.45. The van der Waals surface area contributed by atoms with E-state index in [2.05, 4.69) is 81.4 Å². The lowest BCUT2D eigenvalue weighted by Gasteiger charge is -2.08. The normalized spacial score (nSPS) is 13.7. The van der Waals surface area contributed by atoms with E-state index in [0.717, 1.165) is 123 Å². The number of ketones is 2. The summed E-state index contributed by atoms with van der Waals surface area (Å²) < 4.78 is 23.4. The van der Waals surface area contributed by atoms with Crippen molar-refractivity contribution in [3.63, 3.8) is 0 Å². The Kier molecular flexibility index (Phi) is 41.0. The highest BCUT2D eigenvalue weighted by molar-refractivity contribution is 6.09. The van der Waals surface area contributed by atoms with Crippen LogP contribution in [-0.2, 0) is 62.7 Å². The number of aryl methyl sites for hydroxylation is 2. The zero-order valence-corrected chi connectivity index (χ0v) is 79.6. The van der Waals surface area contributed by atoms with E-state index in [9.17, 15) is 57.1 Å². The maximum Gasteiger partial charge on any atom is 0.312 e. The fourth-order valence-corrected chi connectivity index (χ4v) is 15.3. The summed E-state index contributed by atoms with van der Waals surface area (Å²) in [6.45, 7) is 22.4. The number of carboxylic acids is 4. The number of carbonyl (C=O) groups is 11. The lowest BCUT2D eigenvalue weighted by Crippen LogP contribution is -2.09. The SMILES string of the molecule is CC(C(=O)O)c1ccccc1.CC(C(=O)O)c1ccccc1.CC(C)Cc1ccc(C(C)C=O)cc1.CC(C=O)c1ccc(-c2ccccc2)c(F)c1.CC(C=O)c1cccc(Oc2ccccc2)c1.Cc1ccc2cc(C(C)C(=O)O)ccc2c1.Cc1ccc2cc(C(C)C=O)ccc2c1.O=C(c1ccccc1)c1ccc2n1CCC2C(=O)O.O=CC1CCn2c(C(=O)c3ccccc3)ccc21. The molecule has 9 atom stereocenters. The Morgan fingerprint density at radius 1 is 0.355 bits per heavy atom. The van der Waals surface area contributed by atoms with Gasteiger partial charge in [-0.1, -0.05) is 344 Å². The van der Waals surface area contributed by atoms with Crippen LogP contribution >= 0.6 is 0 Å². The lowest BCUT2D eigenvalue weighted by atomic mass is 9.97. The number of carbonyl (C=O) groups excluding carboxylic acids is 7. The molecule has 0 saturated heterocycles. The maximum absolute atomic E-state index is 13.9. The first-order chi connectivity index (χ1) is 66.3. The summed E-state index contributed by atoms with van der Waals surface area (Å²) in [6.07, 6.45) is 7.14. The van der Waals surface area contributed by atoms with E-state index >= 15 is 0 Å². The number of fused-ring (bicyclic) bond motifs is 4. The van der Waals surface area contributed by atoms with Gasteiger partial charge in [0.15, 0.2) is 0 Å². The van der Waals surface area contributed by atoms with Crippen molar-refractivity contribution >= 4 is 88.4 Å². The minimum Gasteiger partial charge on any atom is -0.481 e. The van der Waals surface area contributed by atoms with Crippen LogP contribution < -0.4 is 4.74 Å². The highest BCUT2D eigenvalue weighted by Gasteiger charge is 2.32. The molecule has 0 fully saturated rings. The molecule has 19 heteroatoms. The summed E-state index contributed by atoms with van der Waals surface area (Å²) in [7, 11) is 0. The van der Waals surface area contributed by atoms with Gasteiger partial charge in [-0.15, -0.1) is 0 Å². The molecule has 18 nitrogen and oxygen atoms in total. The van der Waals surface area contributed by atoms with E-state index in [1.54, 1.807) is 64.1 Å². The summed E-state index contributed by atoms with van der Waals surface area (Å²) in [6, 6.07) is 108. The molecule has 0 aliphatic carbocycles. The van der Waals surface area contributed by atoms with E-state index in [4.69, 9.17) is 25.2 Å². The third-order valence-electron chi connectivity index (χ3n) is 23.8. The summed E-state index contributed by atoms with van der Waals surface area (Å²) in [4.78, 5) is 121. The molecule has 4 heterocycles. The number of ether oxygens (including phenoxy) is 1. The van der Waals surface area contributed by atoms with Gasteiger partial charge in [0.1, 0.15) is 48.7 Å². The smallest absolute Gasteiger partial charge is 0.312 e. The van der Waals surface area contributed by atoms with E-state index in [1.807, 2.05) is 279 Å². The number of carboxylic acid groups (broad SMARTS) is 4. The van der Waals surface area contributed by atoms with Crippen molar-refractivity contribution in [2.75, 3.05) is 0 Å². The Bertz CT molecular complexity index is 6480. The van der Waals surface area contributed by atoms with Crippen LogP contribution in [0.25, 0.3) is 32.7 Å². The van der Waals surface area contributed by atoms with Gasteiger partial charge >= 0.3 is 23.9 Å². The minimum atomic E-state index is -0.824. The molecule has 17 rings (SSSR count). The van der Waals surface area contributed by atoms with Gasteiger partial charge in [0.2, 0.25) is 11.6 Å². The standard InChI is InChI=1S/C15H13FO.C15H13NO3.C15H13NO2.C15H14O2.C14H14O2.C14H14O.C13H18O.2C9H10O2/c1-11(10-17)13-7-8-14(15(16)9-13)12-5-3-2-4-6-12;17-14(10-4-2-1-3-5-10)13-7-6-12-11(15(18)19)8-9-16(12)13;17-10-12-8-9-16-13(12)6-7-14(16)15(18)11-4-2-1-3-5-11;1-12(11-16)13-6-5-9-15(10-13)17-14-7-3-2-4-8-14;1-9-3-4-13-8-11(10(2)14(15)16)5-6-12(13)7-9;1-10-3-4-14-8-12(11(2)9-15)5-6-13(14)7-10;1-10(2)8-12-4-6-13(7-5-12)11(3)9-14;2*1-7(9(10)11)8-5-3-2-4-6-8/h2-11H,1H3;1-7,11H,8-9H2,(H,18,19);1-7,10,12H,8-9H2;2-12H,1H3;3-8,10H,1-2H3,(H,15,16);3-9,11H,1-2H3;4-7,9-11H,8H2,1-3H3;2*2-7H,1H3,(H,10,11). The summed E-state index contributed by atoms with van der Waals surface area (Å²) >= 11 is 0. The van der Waals surface area contributed by atoms with Crippen LogP contribution in [0, 0.1) is 25.6 Å². The van der Waals surface area contributed by atoms with Crippen LogP contribution in [0.1, 0.15) is 228 Å². The number of rotatable bonds is 25. The highest BCUT2D eigenvalue weighted by Crippen LogP contribution is 2.35. The molecule has 2 aromatic heterocycles. The van der Waals surface area contributed by atoms with Crippen molar-refractivity contribution in [2.45, 2.75) is 162 Å². The number of nitrogens with zero attached hydrogens (tertiary/aromatic N) is 2. The molecule has 0 amide bonds. The number of halogens is 1. The van der Waals surface area contributed by atoms with Crippen LogP contribution in [0.2, 0.25) is 0 Å². The average Bonchev–Trinajstić information content (AvgIpc) is 1.63. The van der Waals surface area contributed by atoms with Gasteiger partial charge in [-0.05, 0) is 186 Å². The summed E-state index contributed by atoms with van der Waals surface area (Å²) in [5, 5.41) is 40.0. The first-order valence-corrected chi connectivity index (χ1v) is 46.0. The second kappa shape index (κ2) is 53.4. The lowest BCUT2D eigenvalue weighted by molar-refractivity contribution is -0.139. The molecule has 9 unspecified atom stereocenters. The van der Waals surface area contributed by atoms with Gasteiger partial charge in [0, 0.05) is 64.8 Å². The number of hydrogen-bond donors (Lipinski definition) is 4. The topological polar surface area (TPSA) is 288 Å². The van der Waals surface area contributed by atoms with Crippen LogP contribution in [0.15, 0.2) is 346 Å². The van der Waals surface area contributed by atoms with Crippen LogP contribution in [0.3, 0.4) is 0 Å². The molecule has 0 radical (unpaired) electrons. The monoisotopic (exact) mass is 1850 g/mol. The first-order valence-electron chi connectivity index (χ1n) is 46.0. The van der Waals surface area contributed by atoms with E-state index in [1.165, 1.54) is 33.5 Å². The van der Waals surface area contributed by atoms with Crippen molar-refractivity contribution in [1.29, 1.82) is 0 Å². The number of hydrogen-bond acceptors (Lipinski definition) is 12. The number of benzene rings is 13. The van der Waals surface area contributed by atoms with Gasteiger partial charge in [-0.25, -0.2) is 4.39 Å². The predicted octanol–water partition coefficient (Wildman–Crippen LogP) is 26.0. The number of para-hydroxylation sites is 1. The van der Waals surface area contributed by atoms with Gasteiger partial charge < -0.3 is 58.3 Å². The maximum atomic E-state index is 13.9.